The van der Waals surface area contributed by atoms with Gasteiger partial charge in [-0.1, -0.05) is 261 Å². The summed E-state index contributed by atoms with van der Waals surface area (Å²) in [6.45, 7) is 9.85. The number of amides is 1. The maximum absolute atomic E-state index is 12.5. The van der Waals surface area contributed by atoms with Crippen LogP contribution in [-0.4, -0.2) is 73.8 Å². The Morgan fingerprint density at radius 2 is 1.01 bits per heavy atom. The summed E-state index contributed by atoms with van der Waals surface area (Å²) in [4.78, 5) is 14.1. The molecule has 0 radical (unpaired) electrons. The lowest BCUT2D eigenvalue weighted by atomic mass is 9.80. The molecule has 0 aromatic heterocycles. The third kappa shape index (κ3) is 25.8. The molecule has 0 saturated carbocycles. The summed E-state index contributed by atoms with van der Waals surface area (Å²) >= 11 is 0. The average molecular weight is 1140 g/mol. The first-order valence-electron chi connectivity index (χ1n) is 32.5. The van der Waals surface area contributed by atoms with E-state index in [-0.39, 0.29) is 25.5 Å². The molecule has 1 amide bonds. The lowest BCUT2D eigenvalue weighted by molar-refractivity contribution is -0.149. The summed E-state index contributed by atoms with van der Waals surface area (Å²) in [5.41, 5.74) is 2.12. The zero-order valence-corrected chi connectivity index (χ0v) is 51.8. The van der Waals surface area contributed by atoms with Crippen LogP contribution in [0.5, 0.6) is 11.5 Å². The van der Waals surface area contributed by atoms with Crippen molar-refractivity contribution in [2.75, 3.05) is 33.1 Å². The molecule has 3 aromatic carbocycles. The molecule has 11 nitrogen and oxygen atoms in total. The summed E-state index contributed by atoms with van der Waals surface area (Å²) in [5.74, 6) is 1.30. The number of nitrogens with zero attached hydrogens (tertiary/aromatic N) is 2. The highest BCUT2D eigenvalue weighted by Gasteiger charge is 2.45. The number of benzene rings is 3. The molecule has 0 bridgehead atoms. The second-order valence-corrected chi connectivity index (χ2v) is 24.4. The highest BCUT2D eigenvalue weighted by molar-refractivity contribution is 7.46. The van der Waals surface area contributed by atoms with Crippen LogP contribution in [0.15, 0.2) is 90.6 Å². The smallest absolute Gasteiger partial charge is 0.251 e. The maximum Gasteiger partial charge on any atom is 0.251 e. The quantitative estimate of drug-likeness (QED) is 0.0320. The van der Waals surface area contributed by atoms with Crippen molar-refractivity contribution in [3.63, 3.8) is 0 Å². The molecule has 3 aromatic rings. The highest BCUT2D eigenvalue weighted by Crippen LogP contribution is 2.45. The van der Waals surface area contributed by atoms with Crippen LogP contribution in [0.25, 0.3) is 0 Å². The van der Waals surface area contributed by atoms with Crippen molar-refractivity contribution < 1.29 is 37.9 Å². The van der Waals surface area contributed by atoms with E-state index < -0.39 is 38.8 Å². The predicted octanol–water partition coefficient (Wildman–Crippen LogP) is 18.3. The second kappa shape index (κ2) is 41.9. The van der Waals surface area contributed by atoms with E-state index in [0.717, 1.165) is 41.0 Å². The Balaban J connectivity index is 1.21. The van der Waals surface area contributed by atoms with E-state index in [0.29, 0.717) is 25.2 Å². The third-order valence-electron chi connectivity index (χ3n) is 16.2. The first-order chi connectivity index (χ1) is 39.8. The first kappa shape index (κ1) is 67.8. The van der Waals surface area contributed by atoms with E-state index in [2.05, 4.69) is 85.9 Å². The lowest BCUT2D eigenvalue weighted by Gasteiger charge is -2.38. The van der Waals surface area contributed by atoms with Crippen LogP contribution >= 0.6 is 8.38 Å². The largest absolute Gasteiger partial charge is 0.494 e. The summed E-state index contributed by atoms with van der Waals surface area (Å²) in [7, 11) is -1.39. The SMILES string of the molecule is CCCCCCCCCCCCCCCCCCOc1ccc(C(OC[C@H]2O[C@@H](N3C=C(C)C(=O)NC3O)C[C@H]2OP(C)OCCC#N)(c2ccccc2)c2ccc(OCCCCCCCCCCCCCCCCCC)cc2)cc1. The fourth-order valence-electron chi connectivity index (χ4n) is 11.4. The van der Waals surface area contributed by atoms with Gasteiger partial charge in [0.05, 0.1) is 45.0 Å². The average Bonchev–Trinajstić information content (AvgIpc) is 3.86. The second-order valence-electron chi connectivity index (χ2n) is 23.0. The molecule has 1 saturated heterocycles. The van der Waals surface area contributed by atoms with Crippen molar-refractivity contribution in [3.8, 4) is 17.6 Å². The van der Waals surface area contributed by atoms with Crippen molar-refractivity contribution in [1.82, 2.24) is 10.2 Å². The molecule has 2 unspecified atom stereocenters. The Hall–Kier alpha value is -4.01. The summed E-state index contributed by atoms with van der Waals surface area (Å²) in [6.07, 6.45) is 42.0. The van der Waals surface area contributed by atoms with E-state index >= 15 is 0 Å². The van der Waals surface area contributed by atoms with Gasteiger partial charge >= 0.3 is 0 Å². The fourth-order valence-corrected chi connectivity index (χ4v) is 12.4. The molecule has 2 aliphatic rings. The molecule has 81 heavy (non-hydrogen) atoms. The van der Waals surface area contributed by atoms with Gasteiger partial charge in [0.2, 0.25) is 6.35 Å². The standard InChI is InChI=1S/C69H108N3O8P/c1-5-7-9-11-13-15-17-19-21-23-25-27-29-31-33-38-52-75-62-47-43-60(44-48-62)69(59-41-36-35-37-42-59,61-45-49-63(50-46-61)76-53-39-34-32-30-28-26-24-22-20-18-16-14-12-10-8-6-2)77-57-65-64(80-81(4)78-54-40-51-70)55-66(79-65)72-56-58(3)67(73)71-68(72)74/h35-37,41-50,56,64-66,68,74H,5-34,38-40,52-55,57H2,1-4H3,(H,71,73)/t64-,65-,66-,68?,81?/m1/s1. The molecule has 452 valence electrons. The van der Waals surface area contributed by atoms with Gasteiger partial charge in [-0.05, 0) is 60.7 Å². The zero-order chi connectivity index (χ0) is 57.4. The number of nitrogens with one attached hydrogen (secondary N) is 1. The van der Waals surface area contributed by atoms with Crippen LogP contribution in [0.1, 0.15) is 256 Å². The van der Waals surface area contributed by atoms with Crippen LogP contribution in [0, 0.1) is 11.3 Å². The maximum atomic E-state index is 12.5. The summed E-state index contributed by atoms with van der Waals surface area (Å²) in [5, 5.41) is 22.9. The van der Waals surface area contributed by atoms with Crippen molar-refractivity contribution in [3.05, 3.63) is 107 Å². The number of carbonyl (C=O) groups is 1. The van der Waals surface area contributed by atoms with Gasteiger partial charge in [-0.15, -0.1) is 0 Å². The number of ether oxygens (including phenoxy) is 4. The van der Waals surface area contributed by atoms with Gasteiger partial charge in [0.15, 0.2) is 8.38 Å². The van der Waals surface area contributed by atoms with E-state index in [1.54, 1.807) is 18.0 Å². The molecule has 2 aliphatic heterocycles. The molecule has 5 rings (SSSR count). The van der Waals surface area contributed by atoms with Gasteiger partial charge in [-0.3, -0.25) is 4.79 Å². The fraction of sp³-hybridized carbons (Fsp3) is 0.681. The van der Waals surface area contributed by atoms with Gasteiger partial charge in [-0.2, -0.15) is 5.26 Å². The predicted molar refractivity (Wildman–Crippen MR) is 332 cm³/mol. The summed E-state index contributed by atoms with van der Waals surface area (Å²) < 4.78 is 39.5. The van der Waals surface area contributed by atoms with E-state index in [1.165, 1.54) is 193 Å². The number of rotatable bonds is 48. The Labute approximate surface area is 492 Å². The number of nitriles is 1. The van der Waals surface area contributed by atoms with Gasteiger partial charge in [0.1, 0.15) is 29.4 Å². The Bertz CT molecular complexity index is 2060. The minimum Gasteiger partial charge on any atom is -0.494 e. The van der Waals surface area contributed by atoms with Gasteiger partial charge in [0.25, 0.3) is 5.91 Å². The lowest BCUT2D eigenvalue weighted by Crippen LogP contribution is -2.53. The minimum atomic E-state index is -1.39. The van der Waals surface area contributed by atoms with Crippen molar-refractivity contribution in [1.29, 1.82) is 5.26 Å². The molecule has 5 atom stereocenters. The Kier molecular flexibility index (Phi) is 35.1. The van der Waals surface area contributed by atoms with Gasteiger partial charge < -0.3 is 43.3 Å². The van der Waals surface area contributed by atoms with Gasteiger partial charge in [-0.25, -0.2) is 0 Å². The van der Waals surface area contributed by atoms with E-state index in [4.69, 9.17) is 28.0 Å². The van der Waals surface area contributed by atoms with E-state index in [1.807, 2.05) is 24.9 Å². The molecule has 2 heterocycles. The van der Waals surface area contributed by atoms with Crippen LogP contribution in [0.3, 0.4) is 0 Å². The number of aliphatic hydroxyl groups excluding tert-OH is 1. The molecular formula is C69H108N3O8P. The Morgan fingerprint density at radius 3 is 1.43 bits per heavy atom. The number of unbranched alkanes of at least 4 members (excludes halogenated alkanes) is 30. The van der Waals surface area contributed by atoms with Gasteiger partial charge in [0, 0.05) is 24.9 Å². The normalized spacial score (nSPS) is 17.7. The zero-order valence-electron chi connectivity index (χ0n) is 50.9. The van der Waals surface area contributed by atoms with Crippen molar-refractivity contribution in [2.45, 2.75) is 269 Å². The minimum absolute atomic E-state index is 0.103. The Morgan fingerprint density at radius 1 is 0.605 bits per heavy atom. The first-order valence-corrected chi connectivity index (χ1v) is 34.1. The van der Waals surface area contributed by atoms with Crippen molar-refractivity contribution >= 4 is 14.3 Å². The third-order valence-corrected chi connectivity index (χ3v) is 17.3. The number of carbonyl (C=O) groups excluding carboxylic acids is 1. The van der Waals surface area contributed by atoms with Crippen LogP contribution in [0.4, 0.5) is 0 Å². The number of aliphatic hydroxyl groups is 1. The topological polar surface area (TPSA) is 132 Å². The molecule has 0 spiro atoms. The molecule has 2 N–H and O–H groups in total. The van der Waals surface area contributed by atoms with Crippen LogP contribution in [-0.2, 0) is 28.9 Å². The van der Waals surface area contributed by atoms with Crippen LogP contribution < -0.4 is 14.8 Å². The molecule has 0 aliphatic carbocycles. The number of hydrogen-bond donors (Lipinski definition) is 2. The summed E-state index contributed by atoms with van der Waals surface area (Å²) in [6, 6.07) is 29.1. The molecule has 12 heteroatoms. The van der Waals surface area contributed by atoms with Crippen LogP contribution in [0.2, 0.25) is 0 Å². The van der Waals surface area contributed by atoms with E-state index in [9.17, 15) is 15.2 Å². The highest BCUT2D eigenvalue weighted by atomic mass is 31.2. The monoisotopic (exact) mass is 1140 g/mol. The molecule has 1 fully saturated rings. The molecular weight excluding hydrogens is 1030 g/mol. The van der Waals surface area contributed by atoms with Crippen molar-refractivity contribution in [2.24, 2.45) is 0 Å². The number of hydrogen-bond acceptors (Lipinski definition) is 10.